The topological polar surface area (TPSA) is 83.5 Å². The average Bonchev–Trinajstić information content (AvgIpc) is 3.80. The second-order valence-corrected chi connectivity index (χ2v) is 12.3. The number of nitrogens with zero attached hydrogens (tertiary/aromatic N) is 5. The number of nitriles is 2. The van der Waals surface area contributed by atoms with Crippen LogP contribution in [0.15, 0.2) is 144 Å². The predicted molar refractivity (Wildman–Crippen MR) is 195 cm³/mol. The molecule has 0 aliphatic carbocycles. The van der Waals surface area contributed by atoms with Crippen LogP contribution in [0.25, 0.3) is 88.2 Å². The van der Waals surface area contributed by atoms with Gasteiger partial charge in [0.2, 0.25) is 0 Å². The fourth-order valence-corrected chi connectivity index (χ4v) is 7.44. The van der Waals surface area contributed by atoms with Gasteiger partial charge < -0.3 is 13.6 Å². The van der Waals surface area contributed by atoms with Crippen molar-refractivity contribution in [3.05, 3.63) is 151 Å². The Kier molecular flexibility index (Phi) is 5.61. The van der Waals surface area contributed by atoms with E-state index in [2.05, 4.69) is 88.0 Å². The first kappa shape index (κ1) is 27.0. The quantitative estimate of drug-likeness (QED) is 0.196. The Labute approximate surface area is 279 Å². The molecule has 0 radical (unpaired) electrons. The summed E-state index contributed by atoms with van der Waals surface area (Å²) in [6.07, 6.45) is 1.84. The maximum Gasteiger partial charge on any atom is 0.137 e. The van der Waals surface area contributed by atoms with E-state index in [9.17, 15) is 10.5 Å². The lowest BCUT2D eigenvalue weighted by Crippen LogP contribution is -1.97. The number of fused-ring (bicyclic) bond motifs is 9. The van der Waals surface area contributed by atoms with Crippen LogP contribution in [0.1, 0.15) is 11.1 Å². The highest BCUT2D eigenvalue weighted by molar-refractivity contribution is 6.16. The molecule has 0 saturated heterocycles. The Balaban J connectivity index is 1.19. The van der Waals surface area contributed by atoms with E-state index < -0.39 is 0 Å². The van der Waals surface area contributed by atoms with Crippen molar-refractivity contribution in [3.8, 4) is 34.6 Å². The highest BCUT2D eigenvalue weighted by atomic mass is 16.3. The minimum absolute atomic E-state index is 0.561. The summed E-state index contributed by atoms with van der Waals surface area (Å²) in [6.45, 7) is 0. The molecule has 10 aromatic rings. The first-order chi connectivity index (χ1) is 24.2. The van der Waals surface area contributed by atoms with Crippen molar-refractivity contribution in [2.75, 3.05) is 0 Å². The van der Waals surface area contributed by atoms with Crippen LogP contribution >= 0.6 is 0 Å². The predicted octanol–water partition coefficient (Wildman–Crippen LogP) is 10.6. The maximum atomic E-state index is 10.2. The molecule has 4 heterocycles. The van der Waals surface area contributed by atoms with Gasteiger partial charge in [0.1, 0.15) is 11.2 Å². The molecule has 0 bridgehead atoms. The molecule has 0 N–H and O–H groups in total. The molecule has 6 nitrogen and oxygen atoms in total. The number of rotatable bonds is 3. The standard InChI is InChI=1S/C43H23N5O/c44-24-26-14-15-38-34(19-26)32-9-1-3-11-37(32)48(38)31-18-27(25-45)17-29(21-31)28-7-5-8-30(20-28)47-39-12-6-16-46-43(39)36-22-35-33-10-2-4-13-41(33)49-42(35)23-40(36)47/h1-23H. The van der Waals surface area contributed by atoms with Gasteiger partial charge in [-0.25, -0.2) is 0 Å². The number of furan rings is 1. The zero-order valence-corrected chi connectivity index (χ0v) is 25.9. The summed E-state index contributed by atoms with van der Waals surface area (Å²) < 4.78 is 10.7. The lowest BCUT2D eigenvalue weighted by molar-refractivity contribution is 0.669. The van der Waals surface area contributed by atoms with Crippen LogP contribution in [0, 0.1) is 22.7 Å². The van der Waals surface area contributed by atoms with Gasteiger partial charge in [-0.15, -0.1) is 0 Å². The highest BCUT2D eigenvalue weighted by Crippen LogP contribution is 2.39. The molecule has 0 saturated carbocycles. The van der Waals surface area contributed by atoms with E-state index in [4.69, 9.17) is 9.40 Å². The molecule has 6 heteroatoms. The van der Waals surface area contributed by atoms with Gasteiger partial charge in [-0.05, 0) is 90.0 Å². The van der Waals surface area contributed by atoms with Gasteiger partial charge in [0.25, 0.3) is 0 Å². The minimum atomic E-state index is 0.561. The molecule has 10 rings (SSSR count). The van der Waals surface area contributed by atoms with Crippen molar-refractivity contribution >= 4 is 65.7 Å². The van der Waals surface area contributed by atoms with Crippen LogP contribution in [0.3, 0.4) is 0 Å². The molecule has 0 atom stereocenters. The summed E-state index contributed by atoms with van der Waals surface area (Å²) in [7, 11) is 0. The van der Waals surface area contributed by atoms with Crippen LogP contribution in [0.4, 0.5) is 0 Å². The van der Waals surface area contributed by atoms with E-state index in [1.807, 2.05) is 72.9 Å². The van der Waals surface area contributed by atoms with Crippen LogP contribution in [0.2, 0.25) is 0 Å². The molecular formula is C43H23N5O. The van der Waals surface area contributed by atoms with Crippen LogP contribution in [0.5, 0.6) is 0 Å². The van der Waals surface area contributed by atoms with E-state index in [-0.39, 0.29) is 0 Å². The summed E-state index contributed by atoms with van der Waals surface area (Å²) in [6, 6.07) is 49.5. The maximum absolute atomic E-state index is 10.2. The zero-order valence-electron chi connectivity index (χ0n) is 25.9. The molecule has 0 unspecified atom stereocenters. The number of aromatic nitrogens is 3. The molecule has 49 heavy (non-hydrogen) atoms. The first-order valence-electron chi connectivity index (χ1n) is 16.0. The van der Waals surface area contributed by atoms with E-state index in [1.54, 1.807) is 0 Å². The van der Waals surface area contributed by atoms with Crippen molar-refractivity contribution in [2.24, 2.45) is 0 Å². The van der Waals surface area contributed by atoms with Gasteiger partial charge in [-0.2, -0.15) is 10.5 Å². The second kappa shape index (κ2) is 10.2. The Morgan fingerprint density at radius 2 is 1.24 bits per heavy atom. The number of pyridine rings is 1. The van der Waals surface area contributed by atoms with Gasteiger partial charge in [0, 0.05) is 50.6 Å². The van der Waals surface area contributed by atoms with Crippen molar-refractivity contribution < 1.29 is 4.42 Å². The molecule has 0 amide bonds. The number of hydrogen-bond donors (Lipinski definition) is 0. The van der Waals surface area contributed by atoms with Crippen molar-refractivity contribution in [2.45, 2.75) is 0 Å². The van der Waals surface area contributed by atoms with Crippen molar-refractivity contribution in [3.63, 3.8) is 0 Å². The van der Waals surface area contributed by atoms with Gasteiger partial charge in [0.15, 0.2) is 0 Å². The van der Waals surface area contributed by atoms with Gasteiger partial charge in [-0.3, -0.25) is 4.98 Å². The van der Waals surface area contributed by atoms with Gasteiger partial charge >= 0.3 is 0 Å². The Bertz CT molecular complexity index is 3090. The van der Waals surface area contributed by atoms with Gasteiger partial charge in [0.05, 0.1) is 50.8 Å². The summed E-state index contributed by atoms with van der Waals surface area (Å²) >= 11 is 0. The third-order valence-corrected chi connectivity index (χ3v) is 9.56. The fourth-order valence-electron chi connectivity index (χ4n) is 7.44. The Morgan fingerprint density at radius 3 is 2.14 bits per heavy atom. The van der Waals surface area contributed by atoms with Crippen LogP contribution in [-0.4, -0.2) is 14.1 Å². The Hall–Kier alpha value is -7.15. The first-order valence-corrected chi connectivity index (χ1v) is 16.0. The van der Waals surface area contributed by atoms with E-state index in [1.165, 1.54) is 0 Å². The van der Waals surface area contributed by atoms with Crippen molar-refractivity contribution in [1.82, 2.24) is 14.1 Å². The Morgan fingerprint density at radius 1 is 0.469 bits per heavy atom. The average molecular weight is 626 g/mol. The summed E-state index contributed by atoms with van der Waals surface area (Å²) in [4.78, 5) is 4.82. The van der Waals surface area contributed by atoms with Crippen LogP contribution in [-0.2, 0) is 0 Å². The number of benzene rings is 6. The second-order valence-electron chi connectivity index (χ2n) is 12.3. The molecule has 0 aliphatic rings. The molecule has 226 valence electrons. The SMILES string of the molecule is N#Cc1cc(-c2cccc(-n3c4cc5oc6ccccc6c5cc4c4ncccc43)c2)cc(-n2c3ccccc3c3cc(C#N)ccc32)c1. The van der Waals surface area contributed by atoms with E-state index in [0.717, 1.165) is 88.2 Å². The van der Waals surface area contributed by atoms with E-state index in [0.29, 0.717) is 11.1 Å². The molecule has 0 fully saturated rings. The van der Waals surface area contributed by atoms with Crippen molar-refractivity contribution in [1.29, 1.82) is 10.5 Å². The normalized spacial score (nSPS) is 11.6. The molecule has 0 spiro atoms. The largest absolute Gasteiger partial charge is 0.456 e. The lowest BCUT2D eigenvalue weighted by atomic mass is 10.0. The summed E-state index contributed by atoms with van der Waals surface area (Å²) in [5.74, 6) is 0. The summed E-state index contributed by atoms with van der Waals surface area (Å²) in [5, 5.41) is 25.1. The molecular weight excluding hydrogens is 603 g/mol. The lowest BCUT2D eigenvalue weighted by Gasteiger charge is -2.13. The number of para-hydroxylation sites is 2. The minimum Gasteiger partial charge on any atom is -0.456 e. The molecule has 0 aliphatic heterocycles. The van der Waals surface area contributed by atoms with Gasteiger partial charge in [-0.1, -0.05) is 48.5 Å². The smallest absolute Gasteiger partial charge is 0.137 e. The highest BCUT2D eigenvalue weighted by Gasteiger charge is 2.18. The molecule has 6 aromatic carbocycles. The monoisotopic (exact) mass is 625 g/mol. The van der Waals surface area contributed by atoms with E-state index >= 15 is 0 Å². The fraction of sp³-hybridized carbons (Fsp3) is 0. The number of hydrogen-bond acceptors (Lipinski definition) is 4. The zero-order chi connectivity index (χ0) is 32.6. The molecule has 4 aromatic heterocycles. The third-order valence-electron chi connectivity index (χ3n) is 9.56. The summed E-state index contributed by atoms with van der Waals surface area (Å²) in [5.41, 5.74) is 11.5. The third kappa shape index (κ3) is 3.96. The van der Waals surface area contributed by atoms with Crippen LogP contribution < -0.4 is 0 Å².